The van der Waals surface area contributed by atoms with Crippen LogP contribution in [0.25, 0.3) is 5.76 Å². The number of carbonyl (C=O) groups excluding carboxylic acids is 3. The van der Waals surface area contributed by atoms with E-state index in [1.165, 1.54) is 11.0 Å². The summed E-state index contributed by atoms with van der Waals surface area (Å²) in [4.78, 5) is 42.6. The van der Waals surface area contributed by atoms with Gasteiger partial charge in [0.2, 0.25) is 5.78 Å². The average Bonchev–Trinajstić information content (AvgIpc) is 3.30. The molecule has 0 bridgehead atoms. The van der Waals surface area contributed by atoms with Gasteiger partial charge in [-0.25, -0.2) is 0 Å². The number of fused-ring (bicyclic) bond motifs is 3. The Bertz CT molecular complexity index is 1230. The predicted molar refractivity (Wildman–Crippen MR) is 126 cm³/mol. The Balaban J connectivity index is 1.72. The number of aliphatic hydroxyl groups is 3. The molecule has 0 radical (unpaired) electrons. The van der Waals surface area contributed by atoms with Crippen molar-refractivity contribution >= 4 is 28.9 Å². The van der Waals surface area contributed by atoms with Gasteiger partial charge in [0.05, 0.1) is 11.6 Å². The summed E-state index contributed by atoms with van der Waals surface area (Å²) in [7, 11) is 3.16. The van der Waals surface area contributed by atoms with E-state index in [4.69, 9.17) is 5.73 Å². The van der Waals surface area contributed by atoms with E-state index in [1.54, 1.807) is 20.2 Å². The van der Waals surface area contributed by atoms with E-state index in [2.05, 4.69) is 4.90 Å². The largest absolute Gasteiger partial charge is 0.508 e. The SMILES string of the molecule is CN(C)[C@H]1C(=O)C(C(N)=O)=C(O)[C@@]2(O)C(=O)C3=C(O)c4c(O)ccc(N5CCCC5)c4C[C@H]3C[C@@H]12. The normalized spacial score (nSPS) is 30.5. The number of ketones is 2. The number of phenols is 1. The van der Waals surface area contributed by atoms with Crippen LogP contribution in [-0.2, 0) is 20.8 Å². The topological polar surface area (TPSA) is 165 Å². The molecule has 1 amide bonds. The summed E-state index contributed by atoms with van der Waals surface area (Å²) < 4.78 is 0. The molecular formula is C25H29N3O7. The molecule has 0 spiro atoms. The van der Waals surface area contributed by atoms with Gasteiger partial charge in [0.1, 0.15) is 22.8 Å². The molecule has 4 atom stereocenters. The van der Waals surface area contributed by atoms with Gasteiger partial charge < -0.3 is 31.1 Å². The van der Waals surface area contributed by atoms with Crippen LogP contribution < -0.4 is 10.6 Å². The first-order chi connectivity index (χ1) is 16.5. The van der Waals surface area contributed by atoms with Crippen molar-refractivity contribution < 1.29 is 34.8 Å². The fourth-order valence-corrected chi connectivity index (χ4v) is 6.48. The van der Waals surface area contributed by atoms with E-state index in [1.807, 2.05) is 0 Å². The van der Waals surface area contributed by atoms with Crippen molar-refractivity contribution in [3.05, 3.63) is 40.2 Å². The van der Waals surface area contributed by atoms with E-state index in [9.17, 15) is 34.8 Å². The van der Waals surface area contributed by atoms with E-state index in [-0.39, 0.29) is 23.3 Å². The first-order valence-electron chi connectivity index (χ1n) is 11.7. The maximum atomic E-state index is 13.8. The second-order valence-corrected chi connectivity index (χ2v) is 10.1. The van der Waals surface area contributed by atoms with Gasteiger partial charge in [0, 0.05) is 30.3 Å². The van der Waals surface area contributed by atoms with Crippen LogP contribution in [0.5, 0.6) is 5.75 Å². The molecule has 35 heavy (non-hydrogen) atoms. The van der Waals surface area contributed by atoms with Crippen LogP contribution in [0.4, 0.5) is 5.69 Å². The highest BCUT2D eigenvalue weighted by molar-refractivity contribution is 6.24. The molecule has 186 valence electrons. The van der Waals surface area contributed by atoms with Gasteiger partial charge in [-0.1, -0.05) is 0 Å². The average molecular weight is 484 g/mol. The minimum atomic E-state index is -2.62. The third-order valence-electron chi connectivity index (χ3n) is 8.03. The smallest absolute Gasteiger partial charge is 0.255 e. The van der Waals surface area contributed by atoms with Crippen LogP contribution in [0.3, 0.4) is 0 Å². The maximum Gasteiger partial charge on any atom is 0.255 e. The fraction of sp³-hybridized carbons (Fsp3) is 0.480. The summed E-state index contributed by atoms with van der Waals surface area (Å²) in [6.45, 7) is 1.68. The molecule has 4 aliphatic rings. The Hall–Kier alpha value is -3.37. The number of primary amides is 1. The molecule has 6 N–H and O–H groups in total. The van der Waals surface area contributed by atoms with Gasteiger partial charge in [-0.3, -0.25) is 19.3 Å². The van der Waals surface area contributed by atoms with Crippen molar-refractivity contribution in [1.82, 2.24) is 4.90 Å². The lowest BCUT2D eigenvalue weighted by molar-refractivity contribution is -0.153. The molecule has 1 aliphatic heterocycles. The number of amides is 1. The van der Waals surface area contributed by atoms with Gasteiger partial charge in [-0.2, -0.15) is 0 Å². The monoisotopic (exact) mass is 483 g/mol. The Morgan fingerprint density at radius 1 is 1.14 bits per heavy atom. The molecule has 1 aromatic rings. The number of likely N-dealkylation sites (N-methyl/N-ethyl adjacent to an activating group) is 1. The number of rotatable bonds is 3. The third kappa shape index (κ3) is 3.06. The van der Waals surface area contributed by atoms with Crippen LogP contribution in [0.1, 0.15) is 30.4 Å². The number of nitrogens with two attached hydrogens (primary N) is 1. The van der Waals surface area contributed by atoms with Crippen LogP contribution in [0.15, 0.2) is 29.0 Å². The zero-order chi connectivity index (χ0) is 25.4. The summed E-state index contributed by atoms with van der Waals surface area (Å²) in [6.07, 6.45) is 2.44. The first-order valence-corrected chi connectivity index (χ1v) is 11.7. The summed E-state index contributed by atoms with van der Waals surface area (Å²) in [5.41, 5.74) is 3.48. The third-order valence-corrected chi connectivity index (χ3v) is 8.03. The molecule has 1 saturated heterocycles. The molecule has 0 aromatic heterocycles. The van der Waals surface area contributed by atoms with Gasteiger partial charge in [0.25, 0.3) is 5.91 Å². The Labute approximate surface area is 201 Å². The van der Waals surface area contributed by atoms with Crippen molar-refractivity contribution in [3.8, 4) is 5.75 Å². The van der Waals surface area contributed by atoms with Gasteiger partial charge in [0.15, 0.2) is 11.4 Å². The number of carbonyl (C=O) groups is 3. The molecule has 2 fully saturated rings. The van der Waals surface area contributed by atoms with E-state index in [0.29, 0.717) is 12.0 Å². The van der Waals surface area contributed by atoms with E-state index < -0.39 is 58.0 Å². The van der Waals surface area contributed by atoms with Crippen molar-refractivity contribution in [1.29, 1.82) is 0 Å². The summed E-state index contributed by atoms with van der Waals surface area (Å²) >= 11 is 0. The molecule has 1 saturated carbocycles. The summed E-state index contributed by atoms with van der Waals surface area (Å²) in [5, 5.41) is 44.4. The molecule has 5 rings (SSSR count). The molecule has 0 unspecified atom stereocenters. The number of hydrogen-bond donors (Lipinski definition) is 5. The Kier molecular flexibility index (Phi) is 5.22. The number of nitrogens with zero attached hydrogens (tertiary/aromatic N) is 2. The van der Waals surface area contributed by atoms with Crippen molar-refractivity contribution in [2.75, 3.05) is 32.1 Å². The second-order valence-electron chi connectivity index (χ2n) is 10.1. The second kappa shape index (κ2) is 7.82. The first kappa shape index (κ1) is 23.4. The van der Waals surface area contributed by atoms with Gasteiger partial charge in [-0.05, 0) is 63.4 Å². The lowest BCUT2D eigenvalue weighted by Crippen LogP contribution is -2.65. The number of hydrogen-bond acceptors (Lipinski definition) is 9. The predicted octanol–water partition coefficient (Wildman–Crippen LogP) is 0.564. The summed E-state index contributed by atoms with van der Waals surface area (Å²) in [6, 6.07) is 2.19. The maximum absolute atomic E-state index is 13.8. The lowest BCUT2D eigenvalue weighted by Gasteiger charge is -2.50. The van der Waals surface area contributed by atoms with Gasteiger partial charge >= 0.3 is 0 Å². The minimum absolute atomic E-state index is 0.0842. The van der Waals surface area contributed by atoms with Crippen molar-refractivity contribution in [2.24, 2.45) is 17.6 Å². The Morgan fingerprint density at radius 3 is 2.40 bits per heavy atom. The van der Waals surface area contributed by atoms with Crippen LogP contribution in [-0.4, -0.2) is 81.6 Å². The van der Waals surface area contributed by atoms with Crippen LogP contribution in [0.2, 0.25) is 0 Å². The number of Topliss-reactive ketones (excluding diaryl/α,β-unsaturated/α-hetero) is 2. The molecule has 3 aliphatic carbocycles. The minimum Gasteiger partial charge on any atom is -0.508 e. The number of aliphatic hydroxyl groups excluding tert-OH is 2. The summed E-state index contributed by atoms with van der Waals surface area (Å²) in [5.74, 6) is -6.38. The van der Waals surface area contributed by atoms with E-state index >= 15 is 0 Å². The number of anilines is 1. The highest BCUT2D eigenvalue weighted by atomic mass is 16.3. The van der Waals surface area contributed by atoms with Crippen LogP contribution in [0, 0.1) is 11.8 Å². The molecule has 1 heterocycles. The molecule has 10 nitrogen and oxygen atoms in total. The van der Waals surface area contributed by atoms with Crippen molar-refractivity contribution in [3.63, 3.8) is 0 Å². The van der Waals surface area contributed by atoms with Crippen molar-refractivity contribution in [2.45, 2.75) is 37.3 Å². The standard InChI is InChI=1S/C25H29N3O7/c1-27(2)19-13-10-11-9-12-14(28-7-3-4-8-28)5-6-15(29)17(12)20(30)16(11)22(32)25(13,35)23(33)18(21(19)31)24(26)34/h5-6,11,13,19,29-30,33,35H,3-4,7-10H2,1-2H3,(H2,26,34)/t11-,13-,19+,25-/m0/s1. The van der Waals surface area contributed by atoms with Crippen LogP contribution >= 0.6 is 0 Å². The lowest BCUT2D eigenvalue weighted by atomic mass is 9.57. The Morgan fingerprint density at radius 2 is 1.80 bits per heavy atom. The highest BCUT2D eigenvalue weighted by Crippen LogP contribution is 2.53. The molecular weight excluding hydrogens is 454 g/mol. The number of aromatic hydroxyl groups is 1. The number of benzene rings is 1. The molecule has 1 aromatic carbocycles. The van der Waals surface area contributed by atoms with E-state index in [0.717, 1.165) is 31.6 Å². The highest BCUT2D eigenvalue weighted by Gasteiger charge is 2.64. The number of phenolic OH excluding ortho intramolecular Hbond substituents is 1. The van der Waals surface area contributed by atoms with Gasteiger partial charge in [-0.15, -0.1) is 0 Å². The fourth-order valence-electron chi connectivity index (χ4n) is 6.48. The zero-order valence-corrected chi connectivity index (χ0v) is 19.6. The molecule has 10 heteroatoms. The zero-order valence-electron chi connectivity index (χ0n) is 19.6. The quantitative estimate of drug-likeness (QED) is 0.386.